The summed E-state index contributed by atoms with van der Waals surface area (Å²) in [6.07, 6.45) is 5.58. The van der Waals surface area contributed by atoms with Crippen molar-refractivity contribution >= 4 is 17.7 Å². The van der Waals surface area contributed by atoms with Gasteiger partial charge in [0.15, 0.2) is 0 Å². The van der Waals surface area contributed by atoms with Gasteiger partial charge in [-0.05, 0) is 38.2 Å². The topological polar surface area (TPSA) is 70.9 Å². The Labute approximate surface area is 148 Å². The molecule has 0 N–H and O–H groups in total. The molecule has 1 aliphatic carbocycles. The zero-order chi connectivity index (χ0) is 17.6. The summed E-state index contributed by atoms with van der Waals surface area (Å²) in [4.78, 5) is 31.0. The molecule has 1 saturated carbocycles. The smallest absolute Gasteiger partial charge is 0.256 e. The van der Waals surface area contributed by atoms with Crippen molar-refractivity contribution in [3.05, 3.63) is 18.0 Å². The van der Waals surface area contributed by atoms with Gasteiger partial charge in [0.25, 0.3) is 5.91 Å². The summed E-state index contributed by atoms with van der Waals surface area (Å²) in [6.45, 7) is 6.75. The molecule has 0 bridgehead atoms. The molecule has 25 heavy (non-hydrogen) atoms. The molecule has 3 heterocycles. The van der Waals surface area contributed by atoms with E-state index in [9.17, 15) is 4.79 Å². The number of methoxy groups -OCH3 is 1. The van der Waals surface area contributed by atoms with E-state index in [2.05, 4.69) is 14.9 Å². The summed E-state index contributed by atoms with van der Waals surface area (Å²) < 4.78 is 5.15. The first-order valence-electron chi connectivity index (χ1n) is 8.96. The Hall–Kier alpha value is -2.02. The summed E-state index contributed by atoms with van der Waals surface area (Å²) in [6, 6.07) is 0. The first kappa shape index (κ1) is 16.4. The Bertz CT molecular complexity index is 704. The lowest BCUT2D eigenvalue weighted by Gasteiger charge is -2.28. The van der Waals surface area contributed by atoms with E-state index in [1.807, 2.05) is 26.2 Å². The molecule has 1 saturated heterocycles. The summed E-state index contributed by atoms with van der Waals surface area (Å²) in [5.74, 6) is 2.46. The van der Waals surface area contributed by atoms with Crippen molar-refractivity contribution in [3.8, 4) is 0 Å². The Kier molecular flexibility index (Phi) is 3.98. The van der Waals surface area contributed by atoms with E-state index in [4.69, 9.17) is 9.73 Å². The third-order valence-corrected chi connectivity index (χ3v) is 5.89. The van der Waals surface area contributed by atoms with Gasteiger partial charge in [0, 0.05) is 38.5 Å². The van der Waals surface area contributed by atoms with Crippen LogP contribution in [0.5, 0.6) is 0 Å². The number of rotatable bonds is 4. The Morgan fingerprint density at radius 2 is 2.04 bits per heavy atom. The van der Waals surface area contributed by atoms with E-state index in [-0.39, 0.29) is 11.8 Å². The normalized spacial score (nSPS) is 31.2. The minimum Gasteiger partial charge on any atom is -0.383 e. The molecule has 4 rings (SSSR count). The number of hydrogen-bond acceptors (Lipinski definition) is 6. The van der Waals surface area contributed by atoms with Crippen LogP contribution in [0, 0.1) is 18.8 Å². The fourth-order valence-electron chi connectivity index (χ4n) is 4.64. The number of carbonyl (C=O) groups excluding carboxylic acids is 1. The van der Waals surface area contributed by atoms with Crippen LogP contribution in [-0.4, -0.2) is 65.5 Å². The minimum atomic E-state index is -0.581. The van der Waals surface area contributed by atoms with Crippen molar-refractivity contribution in [2.24, 2.45) is 16.8 Å². The number of fused-ring (bicyclic) bond motifs is 2. The molecule has 0 unspecified atom stereocenters. The standard InChI is InChI=1S/C18H25N5O2/c1-12-8-19-17(20-9-12)22-10-14-4-5-18(15(14)11-22)16(24)23(6-7-25-3)13(2)21-18/h8-9,14-15H,4-7,10-11H2,1-3H3/t14-,15+,18-/m1/s1. The van der Waals surface area contributed by atoms with E-state index in [0.29, 0.717) is 19.1 Å². The van der Waals surface area contributed by atoms with Crippen LogP contribution in [-0.2, 0) is 9.53 Å². The van der Waals surface area contributed by atoms with Crippen LogP contribution >= 0.6 is 0 Å². The monoisotopic (exact) mass is 343 g/mol. The molecule has 2 aliphatic heterocycles. The molecule has 1 aromatic rings. The van der Waals surface area contributed by atoms with Crippen molar-refractivity contribution in [2.45, 2.75) is 32.2 Å². The van der Waals surface area contributed by atoms with Crippen molar-refractivity contribution < 1.29 is 9.53 Å². The third kappa shape index (κ3) is 2.52. The van der Waals surface area contributed by atoms with Gasteiger partial charge >= 0.3 is 0 Å². The van der Waals surface area contributed by atoms with E-state index in [0.717, 1.165) is 43.3 Å². The number of amides is 1. The number of ether oxygens (including phenoxy) is 1. The first-order chi connectivity index (χ1) is 12.0. The summed E-state index contributed by atoms with van der Waals surface area (Å²) in [5, 5.41) is 0. The van der Waals surface area contributed by atoms with Gasteiger partial charge in [-0.15, -0.1) is 0 Å². The van der Waals surface area contributed by atoms with Crippen molar-refractivity contribution in [3.63, 3.8) is 0 Å². The Morgan fingerprint density at radius 3 is 2.76 bits per heavy atom. The third-order valence-electron chi connectivity index (χ3n) is 5.89. The second kappa shape index (κ2) is 6.05. The van der Waals surface area contributed by atoms with Crippen LogP contribution in [0.1, 0.15) is 25.3 Å². The summed E-state index contributed by atoms with van der Waals surface area (Å²) in [5.41, 5.74) is 0.474. The molecular formula is C18H25N5O2. The second-order valence-corrected chi connectivity index (χ2v) is 7.40. The van der Waals surface area contributed by atoms with Crippen LogP contribution in [0.3, 0.4) is 0 Å². The van der Waals surface area contributed by atoms with Crippen LogP contribution in [0.4, 0.5) is 5.95 Å². The van der Waals surface area contributed by atoms with Gasteiger partial charge in [-0.1, -0.05) is 0 Å². The number of carbonyl (C=O) groups is 1. The molecule has 3 aliphatic rings. The van der Waals surface area contributed by atoms with Crippen molar-refractivity contribution in [1.82, 2.24) is 14.9 Å². The predicted molar refractivity (Wildman–Crippen MR) is 94.6 cm³/mol. The summed E-state index contributed by atoms with van der Waals surface area (Å²) in [7, 11) is 1.66. The Morgan fingerprint density at radius 1 is 1.28 bits per heavy atom. The fraction of sp³-hybridized carbons (Fsp3) is 0.667. The maximum atomic E-state index is 13.2. The number of hydrogen-bond donors (Lipinski definition) is 0. The highest BCUT2D eigenvalue weighted by atomic mass is 16.5. The highest BCUT2D eigenvalue weighted by Gasteiger charge is 2.60. The van der Waals surface area contributed by atoms with Crippen LogP contribution < -0.4 is 4.90 Å². The average molecular weight is 343 g/mol. The number of aliphatic imine (C=N–C) groups is 1. The molecule has 1 aromatic heterocycles. The quantitative estimate of drug-likeness (QED) is 0.823. The maximum absolute atomic E-state index is 13.2. The van der Waals surface area contributed by atoms with E-state index in [1.54, 1.807) is 12.0 Å². The summed E-state index contributed by atoms with van der Waals surface area (Å²) >= 11 is 0. The number of aryl methyl sites for hydroxylation is 1. The van der Waals surface area contributed by atoms with Crippen molar-refractivity contribution in [2.75, 3.05) is 38.3 Å². The number of amidine groups is 1. The SMILES string of the molecule is COCCN1C(=O)[C@]2(CC[C@@H]3CN(c4ncc(C)cn4)C[C@@H]32)N=C1C. The molecule has 134 valence electrons. The van der Waals surface area contributed by atoms with Gasteiger partial charge in [-0.25, -0.2) is 9.97 Å². The van der Waals surface area contributed by atoms with Crippen LogP contribution in [0.15, 0.2) is 17.4 Å². The van der Waals surface area contributed by atoms with Crippen molar-refractivity contribution in [1.29, 1.82) is 0 Å². The van der Waals surface area contributed by atoms with E-state index in [1.165, 1.54) is 0 Å². The average Bonchev–Trinajstić information content (AvgIpc) is 3.23. The van der Waals surface area contributed by atoms with Gasteiger partial charge in [0.05, 0.1) is 13.2 Å². The van der Waals surface area contributed by atoms with Gasteiger partial charge in [-0.2, -0.15) is 0 Å². The lowest BCUT2D eigenvalue weighted by atomic mass is 9.85. The zero-order valence-electron chi connectivity index (χ0n) is 15.1. The van der Waals surface area contributed by atoms with Gasteiger partial charge in [0.2, 0.25) is 5.95 Å². The zero-order valence-corrected chi connectivity index (χ0v) is 15.1. The highest BCUT2D eigenvalue weighted by molar-refractivity contribution is 6.07. The van der Waals surface area contributed by atoms with Gasteiger partial charge in [-0.3, -0.25) is 14.7 Å². The highest BCUT2D eigenvalue weighted by Crippen LogP contribution is 2.50. The maximum Gasteiger partial charge on any atom is 0.256 e. The van der Waals surface area contributed by atoms with Gasteiger partial charge < -0.3 is 9.64 Å². The lowest BCUT2D eigenvalue weighted by Crippen LogP contribution is -2.47. The molecule has 2 fully saturated rings. The number of anilines is 1. The predicted octanol–water partition coefficient (Wildman–Crippen LogP) is 1.28. The molecule has 1 amide bonds. The first-order valence-corrected chi connectivity index (χ1v) is 8.96. The molecule has 1 spiro atoms. The molecular weight excluding hydrogens is 318 g/mol. The molecule has 3 atom stereocenters. The minimum absolute atomic E-state index is 0.154. The molecule has 7 heteroatoms. The van der Waals surface area contributed by atoms with E-state index >= 15 is 0 Å². The largest absolute Gasteiger partial charge is 0.383 e. The lowest BCUT2D eigenvalue weighted by molar-refractivity contribution is -0.132. The van der Waals surface area contributed by atoms with Crippen LogP contribution in [0.2, 0.25) is 0 Å². The molecule has 0 radical (unpaired) electrons. The van der Waals surface area contributed by atoms with Gasteiger partial charge in [0.1, 0.15) is 11.4 Å². The molecule has 7 nitrogen and oxygen atoms in total. The number of nitrogens with zero attached hydrogens (tertiary/aromatic N) is 5. The van der Waals surface area contributed by atoms with E-state index < -0.39 is 5.54 Å². The second-order valence-electron chi connectivity index (χ2n) is 7.40. The fourth-order valence-corrected chi connectivity index (χ4v) is 4.64. The number of aromatic nitrogens is 2. The Balaban J connectivity index is 1.56. The molecule has 0 aromatic carbocycles. The van der Waals surface area contributed by atoms with Crippen LogP contribution in [0.25, 0.3) is 0 Å².